The number of halogens is 1. The molecule has 0 spiro atoms. The molecule has 0 heterocycles. The number of nitrogens with one attached hydrogen (secondary N) is 2. The van der Waals surface area contributed by atoms with Gasteiger partial charge in [-0.25, -0.2) is 0 Å². The van der Waals surface area contributed by atoms with Gasteiger partial charge < -0.3 is 14.8 Å². The average Bonchev–Trinajstić information content (AvgIpc) is 2.62. The van der Waals surface area contributed by atoms with Crippen LogP contribution in [0.1, 0.15) is 30.1 Å². The molecule has 7 heteroatoms. The zero-order chi connectivity index (χ0) is 18.9. The van der Waals surface area contributed by atoms with Gasteiger partial charge in [-0.2, -0.15) is 0 Å². The van der Waals surface area contributed by atoms with Crippen molar-refractivity contribution in [2.45, 2.75) is 19.8 Å². The number of hydrogen-bond acceptors (Lipinski definition) is 4. The molecule has 138 valence electrons. The second kappa shape index (κ2) is 10.1. The fourth-order valence-electron chi connectivity index (χ4n) is 2.14. The molecule has 0 saturated heterocycles. The third-order valence-corrected chi connectivity index (χ3v) is 4.32. The summed E-state index contributed by atoms with van der Waals surface area (Å²) < 4.78 is 11.6. The van der Waals surface area contributed by atoms with Crippen molar-refractivity contribution in [3.05, 3.63) is 52.5 Å². The number of hydrogen-bond donors (Lipinski definition) is 2. The van der Waals surface area contributed by atoms with Crippen molar-refractivity contribution in [3.8, 4) is 11.5 Å². The number of amides is 1. The maximum Gasteiger partial charge on any atom is 0.257 e. The van der Waals surface area contributed by atoms with E-state index in [1.807, 2.05) is 18.2 Å². The summed E-state index contributed by atoms with van der Waals surface area (Å²) >= 11 is 8.62. The van der Waals surface area contributed by atoms with Crippen LogP contribution in [-0.2, 0) is 0 Å². The predicted octanol–water partition coefficient (Wildman–Crippen LogP) is 4.76. The highest BCUT2D eigenvalue weighted by atomic mass is 79.9. The van der Waals surface area contributed by atoms with Crippen molar-refractivity contribution in [2.75, 3.05) is 19.0 Å². The molecule has 2 rings (SSSR count). The Morgan fingerprint density at radius 1 is 1.23 bits per heavy atom. The molecule has 0 unspecified atom stereocenters. The molecular weight excluding hydrogens is 416 g/mol. The summed E-state index contributed by atoms with van der Waals surface area (Å²) in [4.78, 5) is 12.4. The molecule has 5 nitrogen and oxygen atoms in total. The number of anilines is 1. The van der Waals surface area contributed by atoms with E-state index in [9.17, 15) is 4.79 Å². The SMILES string of the molecule is CCCCOc1cccc(C(=O)NC(=S)Nc2ccc(OC)c(Br)c2)c1. The lowest BCUT2D eigenvalue weighted by molar-refractivity contribution is 0.0977. The van der Waals surface area contributed by atoms with Gasteiger partial charge in [-0.05, 0) is 71.0 Å². The summed E-state index contributed by atoms with van der Waals surface area (Å²) in [5.74, 6) is 1.09. The molecule has 0 fully saturated rings. The number of methoxy groups -OCH3 is 1. The summed E-state index contributed by atoms with van der Waals surface area (Å²) in [7, 11) is 1.60. The second-order valence-electron chi connectivity index (χ2n) is 5.49. The Kier molecular flexibility index (Phi) is 7.87. The van der Waals surface area contributed by atoms with Crippen LogP contribution in [0.3, 0.4) is 0 Å². The molecule has 0 aliphatic rings. The summed E-state index contributed by atoms with van der Waals surface area (Å²) in [5.41, 5.74) is 1.22. The fraction of sp³-hybridized carbons (Fsp3) is 0.263. The molecular formula is C19H21BrN2O3S. The molecule has 0 aliphatic carbocycles. The van der Waals surface area contributed by atoms with Crippen LogP contribution >= 0.6 is 28.1 Å². The topological polar surface area (TPSA) is 59.6 Å². The van der Waals surface area contributed by atoms with Gasteiger partial charge in [0, 0.05) is 11.3 Å². The van der Waals surface area contributed by atoms with Crippen molar-refractivity contribution < 1.29 is 14.3 Å². The predicted molar refractivity (Wildman–Crippen MR) is 111 cm³/mol. The van der Waals surface area contributed by atoms with E-state index in [0.717, 1.165) is 23.0 Å². The number of unbranched alkanes of at least 4 members (excludes halogenated alkanes) is 1. The van der Waals surface area contributed by atoms with Crippen molar-refractivity contribution in [1.29, 1.82) is 0 Å². The fourth-order valence-corrected chi connectivity index (χ4v) is 2.89. The molecule has 2 aromatic carbocycles. The maximum atomic E-state index is 12.4. The zero-order valence-electron chi connectivity index (χ0n) is 14.7. The van der Waals surface area contributed by atoms with Crippen molar-refractivity contribution in [1.82, 2.24) is 5.32 Å². The number of carbonyl (C=O) groups excluding carboxylic acids is 1. The number of thiocarbonyl (C=S) groups is 1. The van der Waals surface area contributed by atoms with Crippen LogP contribution in [0.2, 0.25) is 0 Å². The Labute approximate surface area is 167 Å². The van der Waals surface area contributed by atoms with Gasteiger partial charge in [0.05, 0.1) is 18.2 Å². The standard InChI is InChI=1S/C19H21BrN2O3S/c1-3-4-10-25-15-7-5-6-13(11-15)18(23)22-19(26)21-14-8-9-17(24-2)16(20)12-14/h5-9,11-12H,3-4,10H2,1-2H3,(H2,21,22,23,26). The Balaban J connectivity index is 1.95. The molecule has 2 N–H and O–H groups in total. The third kappa shape index (κ3) is 6.00. The monoisotopic (exact) mass is 436 g/mol. The highest BCUT2D eigenvalue weighted by Gasteiger charge is 2.10. The number of benzene rings is 2. The first-order valence-corrected chi connectivity index (χ1v) is 9.42. The van der Waals surface area contributed by atoms with Crippen LogP contribution in [-0.4, -0.2) is 24.7 Å². The van der Waals surface area contributed by atoms with E-state index in [1.165, 1.54) is 0 Å². The van der Waals surface area contributed by atoms with Gasteiger partial charge in [0.2, 0.25) is 0 Å². The van der Waals surface area contributed by atoms with Crippen LogP contribution < -0.4 is 20.1 Å². The minimum Gasteiger partial charge on any atom is -0.496 e. The normalized spacial score (nSPS) is 10.1. The number of rotatable bonds is 7. The quantitative estimate of drug-likeness (QED) is 0.483. The lowest BCUT2D eigenvalue weighted by Gasteiger charge is -2.12. The van der Waals surface area contributed by atoms with Gasteiger partial charge >= 0.3 is 0 Å². The zero-order valence-corrected chi connectivity index (χ0v) is 17.1. The van der Waals surface area contributed by atoms with E-state index in [-0.39, 0.29) is 11.0 Å². The summed E-state index contributed by atoms with van der Waals surface area (Å²) in [6.45, 7) is 2.73. The first kappa shape index (κ1) is 20.2. The molecule has 0 radical (unpaired) electrons. The first-order valence-electron chi connectivity index (χ1n) is 8.22. The number of carbonyl (C=O) groups is 1. The van der Waals surface area contributed by atoms with Gasteiger partial charge in [0.1, 0.15) is 11.5 Å². The van der Waals surface area contributed by atoms with Crippen LogP contribution in [0.15, 0.2) is 46.9 Å². The van der Waals surface area contributed by atoms with E-state index >= 15 is 0 Å². The van der Waals surface area contributed by atoms with E-state index in [4.69, 9.17) is 21.7 Å². The van der Waals surface area contributed by atoms with Gasteiger partial charge in [-0.15, -0.1) is 0 Å². The van der Waals surface area contributed by atoms with Gasteiger partial charge in [-0.1, -0.05) is 19.4 Å². The van der Waals surface area contributed by atoms with E-state index in [0.29, 0.717) is 23.7 Å². The Morgan fingerprint density at radius 3 is 2.73 bits per heavy atom. The highest BCUT2D eigenvalue weighted by molar-refractivity contribution is 9.10. The van der Waals surface area contributed by atoms with E-state index < -0.39 is 0 Å². The molecule has 0 bridgehead atoms. The van der Waals surface area contributed by atoms with Crippen molar-refractivity contribution >= 4 is 44.9 Å². The van der Waals surface area contributed by atoms with Crippen molar-refractivity contribution in [3.63, 3.8) is 0 Å². The number of ether oxygens (including phenoxy) is 2. The van der Waals surface area contributed by atoms with Crippen LogP contribution in [0.25, 0.3) is 0 Å². The lowest BCUT2D eigenvalue weighted by Crippen LogP contribution is -2.34. The molecule has 0 aliphatic heterocycles. The third-order valence-electron chi connectivity index (χ3n) is 3.50. The molecule has 0 aromatic heterocycles. The lowest BCUT2D eigenvalue weighted by atomic mass is 10.2. The minimum absolute atomic E-state index is 0.212. The molecule has 0 saturated carbocycles. The van der Waals surface area contributed by atoms with Gasteiger partial charge in [0.25, 0.3) is 5.91 Å². The van der Waals surface area contributed by atoms with Crippen molar-refractivity contribution in [2.24, 2.45) is 0 Å². The van der Waals surface area contributed by atoms with Gasteiger partial charge in [-0.3, -0.25) is 10.1 Å². The first-order chi connectivity index (χ1) is 12.5. The Hall–Kier alpha value is -2.12. The highest BCUT2D eigenvalue weighted by Crippen LogP contribution is 2.27. The Morgan fingerprint density at radius 2 is 2.04 bits per heavy atom. The molecule has 2 aromatic rings. The maximum absolute atomic E-state index is 12.4. The van der Waals surface area contributed by atoms with Gasteiger partial charge in [0.15, 0.2) is 5.11 Å². The smallest absolute Gasteiger partial charge is 0.257 e. The largest absolute Gasteiger partial charge is 0.496 e. The average molecular weight is 437 g/mol. The molecule has 0 atom stereocenters. The van der Waals surface area contributed by atoms with E-state index in [1.54, 1.807) is 31.4 Å². The summed E-state index contributed by atoms with van der Waals surface area (Å²) in [6.07, 6.45) is 2.03. The minimum atomic E-state index is -0.295. The summed E-state index contributed by atoms with van der Waals surface area (Å²) in [5, 5.41) is 5.85. The summed E-state index contributed by atoms with van der Waals surface area (Å²) in [6, 6.07) is 12.5. The second-order valence-corrected chi connectivity index (χ2v) is 6.75. The molecule has 1 amide bonds. The van der Waals surface area contributed by atoms with Crippen LogP contribution in [0.5, 0.6) is 11.5 Å². The molecule has 26 heavy (non-hydrogen) atoms. The van der Waals surface area contributed by atoms with Crippen LogP contribution in [0.4, 0.5) is 5.69 Å². The van der Waals surface area contributed by atoms with Crippen LogP contribution in [0, 0.1) is 0 Å². The Bertz CT molecular complexity index is 783. The van der Waals surface area contributed by atoms with E-state index in [2.05, 4.69) is 33.5 Å².